The minimum absolute atomic E-state index is 0.106. The molecule has 2 aromatic rings. The Bertz CT molecular complexity index is 741. The Morgan fingerprint density at radius 3 is 2.59 bits per heavy atom. The van der Waals surface area contributed by atoms with E-state index in [-0.39, 0.29) is 11.5 Å². The smallest absolute Gasteiger partial charge is 0.183 e. The number of nitrogens with zero attached hydrogens (tertiary/aromatic N) is 2. The van der Waals surface area contributed by atoms with Crippen LogP contribution < -0.4 is 9.47 Å². The van der Waals surface area contributed by atoms with E-state index in [1.54, 1.807) is 11.4 Å². The molecule has 0 aliphatic carbocycles. The van der Waals surface area contributed by atoms with Crippen LogP contribution in [-0.4, -0.2) is 32.6 Å². The van der Waals surface area contributed by atoms with Crippen LogP contribution in [0.3, 0.4) is 0 Å². The van der Waals surface area contributed by atoms with Crippen molar-refractivity contribution in [1.29, 1.82) is 0 Å². The summed E-state index contributed by atoms with van der Waals surface area (Å²) in [5.74, 6) is 0.489. The summed E-state index contributed by atoms with van der Waals surface area (Å²) in [4.78, 5) is 8.40. The van der Waals surface area contributed by atoms with Crippen LogP contribution in [0.25, 0.3) is 0 Å². The van der Waals surface area contributed by atoms with Crippen LogP contribution in [0.5, 0.6) is 11.5 Å². The van der Waals surface area contributed by atoms with Gasteiger partial charge in [0.2, 0.25) is 0 Å². The largest absolute Gasteiger partial charge is 0.493 e. The molecule has 0 saturated heterocycles. The van der Waals surface area contributed by atoms with Crippen molar-refractivity contribution in [2.45, 2.75) is 24.9 Å². The van der Waals surface area contributed by atoms with Crippen LogP contribution >= 0.6 is 11.3 Å². The van der Waals surface area contributed by atoms with Gasteiger partial charge in [0, 0.05) is 17.6 Å². The maximum Gasteiger partial charge on any atom is 0.183 e. The number of hydrogen-bond acceptors (Lipinski definition) is 7. The summed E-state index contributed by atoms with van der Waals surface area (Å²) < 4.78 is 35.1. The summed E-state index contributed by atoms with van der Waals surface area (Å²) in [5.41, 5.74) is 0.913. The van der Waals surface area contributed by atoms with Gasteiger partial charge in [0.1, 0.15) is 5.69 Å². The van der Waals surface area contributed by atoms with Gasteiger partial charge in [0.05, 0.1) is 36.4 Å². The number of sulfone groups is 1. The first-order chi connectivity index (χ1) is 10.5. The third kappa shape index (κ3) is 3.95. The van der Waals surface area contributed by atoms with E-state index in [1.807, 2.05) is 6.92 Å². The van der Waals surface area contributed by atoms with Crippen LogP contribution in [0.15, 0.2) is 17.6 Å². The number of aryl methyl sites for hydroxylation is 1. The molecule has 0 bridgehead atoms. The second-order valence-electron chi connectivity index (χ2n) is 4.61. The molecule has 0 aliphatic heterocycles. The summed E-state index contributed by atoms with van der Waals surface area (Å²) in [7, 11) is -0.434. The molecule has 2 rings (SSSR count). The number of pyridine rings is 1. The third-order valence-corrected chi connectivity index (χ3v) is 5.48. The molecule has 0 radical (unpaired) electrons. The molecular formula is C14H18N2O4S2. The van der Waals surface area contributed by atoms with Crippen molar-refractivity contribution in [3.63, 3.8) is 0 Å². The highest BCUT2D eigenvalue weighted by Gasteiger charge is 2.20. The highest BCUT2D eigenvalue weighted by molar-refractivity contribution is 7.89. The lowest BCUT2D eigenvalue weighted by atomic mass is 10.3. The van der Waals surface area contributed by atoms with Gasteiger partial charge in [-0.2, -0.15) is 0 Å². The molecule has 0 spiro atoms. The zero-order valence-electron chi connectivity index (χ0n) is 12.7. The minimum atomic E-state index is -3.39. The number of rotatable bonds is 7. The van der Waals surface area contributed by atoms with Gasteiger partial charge in [-0.3, -0.25) is 4.98 Å². The Labute approximate surface area is 134 Å². The number of hydrogen-bond donors (Lipinski definition) is 0. The summed E-state index contributed by atoms with van der Waals surface area (Å²) in [6.07, 6.45) is 2.31. The van der Waals surface area contributed by atoms with Crippen LogP contribution in [0.1, 0.15) is 23.3 Å². The Morgan fingerprint density at radius 1 is 1.23 bits per heavy atom. The highest BCUT2D eigenvalue weighted by Crippen LogP contribution is 2.30. The molecule has 0 N–H and O–H groups in total. The minimum Gasteiger partial charge on any atom is -0.493 e. The Balaban J connectivity index is 2.21. The summed E-state index contributed by atoms with van der Waals surface area (Å²) in [6, 6.07) is 1.63. The van der Waals surface area contributed by atoms with E-state index in [2.05, 4.69) is 9.97 Å². The topological polar surface area (TPSA) is 78.4 Å². The average molecular weight is 342 g/mol. The van der Waals surface area contributed by atoms with Gasteiger partial charge in [0.25, 0.3) is 0 Å². The molecule has 0 fully saturated rings. The molecule has 0 atom stereocenters. The second-order valence-corrected chi connectivity index (χ2v) is 7.62. The van der Waals surface area contributed by atoms with Crippen molar-refractivity contribution < 1.29 is 17.9 Å². The normalized spacial score (nSPS) is 11.4. The second kappa shape index (κ2) is 7.06. The maximum atomic E-state index is 12.4. The molecule has 120 valence electrons. The van der Waals surface area contributed by atoms with Crippen LogP contribution in [0, 0.1) is 0 Å². The molecule has 0 unspecified atom stereocenters. The quantitative estimate of drug-likeness (QED) is 0.768. The molecule has 6 nitrogen and oxygen atoms in total. The predicted molar refractivity (Wildman–Crippen MR) is 85.2 cm³/mol. The van der Waals surface area contributed by atoms with Crippen LogP contribution in [-0.2, 0) is 27.8 Å². The standard InChI is InChI=1S/C14H18N2O4S2/c1-4-13-16-10(7-21-13)8-22(17,18)9-11-14(20-3)12(19-2)5-6-15-11/h5-7H,4,8-9H2,1-3H3. The third-order valence-electron chi connectivity index (χ3n) is 2.99. The number of aromatic nitrogens is 2. The summed E-state index contributed by atoms with van der Waals surface area (Å²) >= 11 is 1.47. The molecule has 2 heterocycles. The van der Waals surface area contributed by atoms with E-state index in [1.165, 1.54) is 31.8 Å². The first-order valence-corrected chi connectivity index (χ1v) is 9.38. The number of thiazole rings is 1. The molecule has 22 heavy (non-hydrogen) atoms. The van der Waals surface area contributed by atoms with Gasteiger partial charge in [-0.1, -0.05) is 6.92 Å². The number of ether oxygens (including phenoxy) is 2. The summed E-state index contributed by atoms with van der Waals surface area (Å²) in [6.45, 7) is 1.99. The average Bonchev–Trinajstić information content (AvgIpc) is 2.93. The molecule has 0 aliphatic rings. The lowest BCUT2D eigenvalue weighted by molar-refractivity contribution is 0.350. The zero-order valence-corrected chi connectivity index (χ0v) is 14.3. The van der Waals surface area contributed by atoms with E-state index in [9.17, 15) is 8.42 Å². The highest BCUT2D eigenvalue weighted by atomic mass is 32.2. The molecule has 2 aromatic heterocycles. The molecule has 0 saturated carbocycles. The van der Waals surface area contributed by atoms with Crippen molar-refractivity contribution in [1.82, 2.24) is 9.97 Å². The fourth-order valence-electron chi connectivity index (χ4n) is 2.02. The van der Waals surface area contributed by atoms with Crippen molar-refractivity contribution in [3.05, 3.63) is 34.0 Å². The fourth-order valence-corrected chi connectivity index (χ4v) is 4.19. The molecule has 8 heteroatoms. The first kappa shape index (κ1) is 16.7. The predicted octanol–water partition coefficient (Wildman–Crippen LogP) is 2.23. The van der Waals surface area contributed by atoms with Crippen LogP contribution in [0.4, 0.5) is 0 Å². The van der Waals surface area contributed by atoms with Crippen LogP contribution in [0.2, 0.25) is 0 Å². The van der Waals surface area contributed by atoms with Gasteiger partial charge < -0.3 is 9.47 Å². The van der Waals surface area contributed by atoms with Crippen molar-refractivity contribution in [2.75, 3.05) is 14.2 Å². The van der Waals surface area contributed by atoms with E-state index in [4.69, 9.17) is 9.47 Å². The monoisotopic (exact) mass is 342 g/mol. The Hall–Kier alpha value is -1.67. The van der Waals surface area contributed by atoms with E-state index in [0.717, 1.165) is 11.4 Å². The lowest BCUT2D eigenvalue weighted by Gasteiger charge is -2.11. The van der Waals surface area contributed by atoms with Gasteiger partial charge in [0.15, 0.2) is 21.3 Å². The molecule has 0 aromatic carbocycles. The van der Waals surface area contributed by atoms with Crippen molar-refractivity contribution in [3.8, 4) is 11.5 Å². The van der Waals surface area contributed by atoms with Gasteiger partial charge in [-0.05, 0) is 6.42 Å². The fraction of sp³-hybridized carbons (Fsp3) is 0.429. The zero-order chi connectivity index (χ0) is 16.2. The van der Waals surface area contributed by atoms with Crippen molar-refractivity contribution in [2.24, 2.45) is 0 Å². The number of methoxy groups -OCH3 is 2. The van der Waals surface area contributed by atoms with Gasteiger partial charge in [-0.15, -0.1) is 11.3 Å². The van der Waals surface area contributed by atoms with Gasteiger partial charge >= 0.3 is 0 Å². The Morgan fingerprint density at radius 2 is 2.00 bits per heavy atom. The van der Waals surface area contributed by atoms with Crippen molar-refractivity contribution >= 4 is 21.2 Å². The Kier molecular flexibility index (Phi) is 5.36. The SMILES string of the molecule is CCc1nc(CS(=O)(=O)Cc2nccc(OC)c2OC)cs1. The van der Waals surface area contributed by atoms with E-state index in [0.29, 0.717) is 22.9 Å². The van der Waals surface area contributed by atoms with E-state index >= 15 is 0 Å². The lowest BCUT2D eigenvalue weighted by Crippen LogP contribution is -2.10. The molecule has 0 amide bonds. The molecular weight excluding hydrogens is 324 g/mol. The first-order valence-electron chi connectivity index (χ1n) is 6.68. The van der Waals surface area contributed by atoms with Gasteiger partial charge in [-0.25, -0.2) is 13.4 Å². The summed E-state index contributed by atoms with van der Waals surface area (Å²) in [5, 5.41) is 2.72. The van der Waals surface area contributed by atoms with E-state index < -0.39 is 9.84 Å². The maximum absolute atomic E-state index is 12.4.